The van der Waals surface area contributed by atoms with E-state index in [0.29, 0.717) is 24.3 Å². The Kier molecular flexibility index (Phi) is 6.43. The molecule has 3 heterocycles. The first kappa shape index (κ1) is 22.2. The van der Waals surface area contributed by atoms with Gasteiger partial charge in [-0.25, -0.2) is 17.9 Å². The molecule has 32 heavy (non-hydrogen) atoms. The molecular formula is C22H23N3O5S2. The lowest BCUT2D eigenvalue weighted by Gasteiger charge is -2.26. The Morgan fingerprint density at radius 2 is 2.00 bits per heavy atom. The number of sulfone groups is 1. The van der Waals surface area contributed by atoms with Gasteiger partial charge in [-0.15, -0.1) is 11.3 Å². The van der Waals surface area contributed by atoms with Gasteiger partial charge in [0.25, 0.3) is 5.91 Å². The van der Waals surface area contributed by atoms with E-state index in [-0.39, 0.29) is 23.2 Å². The van der Waals surface area contributed by atoms with Gasteiger partial charge in [-0.2, -0.15) is 5.10 Å². The van der Waals surface area contributed by atoms with Gasteiger partial charge in [0.2, 0.25) is 0 Å². The lowest BCUT2D eigenvalue weighted by atomic mass is 10.2. The molecule has 8 nitrogen and oxygen atoms in total. The van der Waals surface area contributed by atoms with Gasteiger partial charge in [-0.1, -0.05) is 24.3 Å². The molecule has 1 fully saturated rings. The van der Waals surface area contributed by atoms with E-state index in [4.69, 9.17) is 4.74 Å². The molecule has 2 aromatic heterocycles. The summed E-state index contributed by atoms with van der Waals surface area (Å²) in [5.74, 6) is -1.06. The van der Waals surface area contributed by atoms with Gasteiger partial charge in [0.05, 0.1) is 22.1 Å². The minimum absolute atomic E-state index is 0.0501. The first-order valence-electron chi connectivity index (χ1n) is 10.2. The monoisotopic (exact) mass is 473 g/mol. The summed E-state index contributed by atoms with van der Waals surface area (Å²) in [5, 5.41) is 6.49. The largest absolute Gasteiger partial charge is 0.451 e. The first-order valence-corrected chi connectivity index (χ1v) is 12.9. The van der Waals surface area contributed by atoms with E-state index in [1.165, 1.54) is 20.9 Å². The van der Waals surface area contributed by atoms with Crippen LogP contribution in [0.15, 0.2) is 53.9 Å². The summed E-state index contributed by atoms with van der Waals surface area (Å²) in [6, 6.07) is 14.3. The van der Waals surface area contributed by atoms with E-state index < -0.39 is 28.3 Å². The van der Waals surface area contributed by atoms with E-state index in [2.05, 4.69) is 5.10 Å². The molecule has 1 saturated heterocycles. The third kappa shape index (κ3) is 4.76. The Bertz CT molecular complexity index is 1200. The van der Waals surface area contributed by atoms with Crippen molar-refractivity contribution in [3.63, 3.8) is 0 Å². The van der Waals surface area contributed by atoms with Crippen molar-refractivity contribution in [2.24, 2.45) is 0 Å². The summed E-state index contributed by atoms with van der Waals surface area (Å²) < 4.78 is 30.4. The Morgan fingerprint density at radius 3 is 2.62 bits per heavy atom. The molecular weight excluding hydrogens is 450 g/mol. The summed E-state index contributed by atoms with van der Waals surface area (Å²) in [6.07, 6.45) is 0.404. The third-order valence-electron chi connectivity index (χ3n) is 5.33. The van der Waals surface area contributed by atoms with Crippen LogP contribution in [0.1, 0.15) is 23.8 Å². The number of aromatic nitrogens is 2. The van der Waals surface area contributed by atoms with E-state index >= 15 is 0 Å². The van der Waals surface area contributed by atoms with Crippen molar-refractivity contribution in [3.8, 4) is 16.3 Å². The maximum Gasteiger partial charge on any atom is 0.357 e. The highest BCUT2D eigenvalue weighted by atomic mass is 32.2. The summed E-state index contributed by atoms with van der Waals surface area (Å²) in [4.78, 5) is 28.0. The van der Waals surface area contributed by atoms with Crippen LogP contribution in [0.4, 0.5) is 0 Å². The second-order valence-electron chi connectivity index (χ2n) is 7.45. The molecule has 0 bridgehead atoms. The molecule has 0 aliphatic carbocycles. The zero-order valence-corrected chi connectivity index (χ0v) is 19.1. The van der Waals surface area contributed by atoms with Crippen molar-refractivity contribution in [1.82, 2.24) is 14.7 Å². The average molecular weight is 474 g/mol. The van der Waals surface area contributed by atoms with E-state index in [0.717, 1.165) is 4.88 Å². The first-order chi connectivity index (χ1) is 15.4. The molecule has 1 aliphatic rings. The van der Waals surface area contributed by atoms with Crippen LogP contribution in [0.2, 0.25) is 0 Å². The molecule has 1 atom stereocenters. The van der Waals surface area contributed by atoms with Crippen LogP contribution in [-0.2, 0) is 19.4 Å². The summed E-state index contributed by atoms with van der Waals surface area (Å²) in [7, 11) is -3.13. The molecule has 0 saturated carbocycles. The number of esters is 1. The number of hydrogen-bond acceptors (Lipinski definition) is 7. The minimum Gasteiger partial charge on any atom is -0.451 e. The predicted octanol–water partition coefficient (Wildman–Crippen LogP) is 2.79. The molecule has 1 amide bonds. The normalized spacial score (nSPS) is 17.2. The van der Waals surface area contributed by atoms with E-state index in [1.807, 2.05) is 47.8 Å². The Balaban J connectivity index is 1.52. The minimum atomic E-state index is -3.13. The number of hydrogen-bond donors (Lipinski definition) is 0. The highest BCUT2D eigenvalue weighted by molar-refractivity contribution is 7.91. The standard InChI is InChI=1S/C22H23N3O5S2/c1-2-24(17-10-12-32(28,29)15-17)21(26)14-30-22(27)19-13-18(20-9-6-11-31-20)23-25(19)16-7-4-3-5-8-16/h3-9,11,13,17H,2,10,12,14-15H2,1H3/t17-/m1/s1. The SMILES string of the molecule is CCN(C(=O)COC(=O)c1cc(-c2cccs2)nn1-c1ccccc1)[C@@H]1CCS(=O)(=O)C1. The summed E-state index contributed by atoms with van der Waals surface area (Å²) >= 11 is 1.51. The number of carbonyl (C=O) groups excluding carboxylic acids is 2. The van der Waals surface area contributed by atoms with Crippen LogP contribution in [-0.4, -0.2) is 65.7 Å². The number of rotatable bonds is 7. The third-order valence-corrected chi connectivity index (χ3v) is 7.97. The zero-order valence-electron chi connectivity index (χ0n) is 17.5. The van der Waals surface area contributed by atoms with Crippen molar-refractivity contribution in [3.05, 3.63) is 59.6 Å². The Labute approximate surface area is 190 Å². The molecule has 0 radical (unpaired) electrons. The number of benzene rings is 1. The highest BCUT2D eigenvalue weighted by Crippen LogP contribution is 2.26. The number of likely N-dealkylation sites (N-methyl/N-ethyl adjacent to an activating group) is 1. The smallest absolute Gasteiger partial charge is 0.357 e. The number of para-hydroxylation sites is 1. The lowest BCUT2D eigenvalue weighted by Crippen LogP contribution is -2.43. The molecule has 1 aliphatic heterocycles. The second kappa shape index (κ2) is 9.25. The van der Waals surface area contributed by atoms with Crippen LogP contribution in [0.25, 0.3) is 16.3 Å². The Morgan fingerprint density at radius 1 is 1.22 bits per heavy atom. The van der Waals surface area contributed by atoms with Crippen LogP contribution in [0.3, 0.4) is 0 Å². The number of ether oxygens (including phenoxy) is 1. The van der Waals surface area contributed by atoms with E-state index in [9.17, 15) is 18.0 Å². The molecule has 0 unspecified atom stereocenters. The van der Waals surface area contributed by atoms with Gasteiger partial charge in [-0.05, 0) is 36.9 Å². The fourth-order valence-corrected chi connectivity index (χ4v) is 6.19. The topological polar surface area (TPSA) is 98.6 Å². The molecule has 0 spiro atoms. The highest BCUT2D eigenvalue weighted by Gasteiger charge is 2.34. The quantitative estimate of drug-likeness (QED) is 0.490. The maximum absolute atomic E-state index is 12.9. The number of thiophene rings is 1. The van der Waals surface area contributed by atoms with Crippen molar-refractivity contribution in [2.45, 2.75) is 19.4 Å². The molecule has 1 aromatic carbocycles. The lowest BCUT2D eigenvalue weighted by molar-refractivity contribution is -0.136. The van der Waals surface area contributed by atoms with Gasteiger partial charge in [0, 0.05) is 18.7 Å². The van der Waals surface area contributed by atoms with Gasteiger partial charge in [0.15, 0.2) is 22.1 Å². The molecule has 0 N–H and O–H groups in total. The van der Waals surface area contributed by atoms with Crippen LogP contribution < -0.4 is 0 Å². The van der Waals surface area contributed by atoms with Crippen molar-refractivity contribution in [2.75, 3.05) is 24.7 Å². The maximum atomic E-state index is 12.9. The van der Waals surface area contributed by atoms with Gasteiger partial charge in [-0.3, -0.25) is 4.79 Å². The van der Waals surface area contributed by atoms with Crippen molar-refractivity contribution >= 4 is 33.1 Å². The fourth-order valence-electron chi connectivity index (χ4n) is 3.78. The number of nitrogens with zero attached hydrogens (tertiary/aromatic N) is 3. The molecule has 3 aromatic rings. The van der Waals surface area contributed by atoms with E-state index in [1.54, 1.807) is 13.0 Å². The predicted molar refractivity (Wildman–Crippen MR) is 122 cm³/mol. The summed E-state index contributed by atoms with van der Waals surface area (Å²) in [5.41, 5.74) is 1.53. The van der Waals surface area contributed by atoms with Crippen LogP contribution >= 0.6 is 11.3 Å². The van der Waals surface area contributed by atoms with Gasteiger partial charge < -0.3 is 9.64 Å². The molecule has 10 heteroatoms. The van der Waals surface area contributed by atoms with Gasteiger partial charge in [0.1, 0.15) is 5.69 Å². The number of amides is 1. The second-order valence-corrected chi connectivity index (χ2v) is 10.6. The molecule has 4 rings (SSSR count). The molecule has 168 valence electrons. The number of carbonyl (C=O) groups is 2. The van der Waals surface area contributed by atoms with Crippen molar-refractivity contribution in [1.29, 1.82) is 0 Å². The fraction of sp³-hybridized carbons (Fsp3) is 0.318. The van der Waals surface area contributed by atoms with Crippen LogP contribution in [0, 0.1) is 0 Å². The zero-order chi connectivity index (χ0) is 22.7. The van der Waals surface area contributed by atoms with Gasteiger partial charge >= 0.3 is 5.97 Å². The average Bonchev–Trinajstić information content (AvgIpc) is 3.53. The summed E-state index contributed by atoms with van der Waals surface area (Å²) in [6.45, 7) is 1.67. The van der Waals surface area contributed by atoms with Crippen molar-refractivity contribution < 1.29 is 22.7 Å². The Hall–Kier alpha value is -2.98. The van der Waals surface area contributed by atoms with Crippen LogP contribution in [0.5, 0.6) is 0 Å².